The first-order valence-electron chi connectivity index (χ1n) is 8.93. The van der Waals surface area contributed by atoms with Gasteiger partial charge in [0.25, 0.3) is 0 Å². The Balaban J connectivity index is 1.30. The summed E-state index contributed by atoms with van der Waals surface area (Å²) < 4.78 is 9.13. The van der Waals surface area contributed by atoms with E-state index in [1.165, 1.54) is 17.7 Å². The molecule has 0 aliphatic heterocycles. The van der Waals surface area contributed by atoms with Crippen LogP contribution in [0.1, 0.15) is 35.5 Å². The third kappa shape index (κ3) is 3.92. The molecule has 1 saturated carbocycles. The van der Waals surface area contributed by atoms with E-state index in [2.05, 4.69) is 58.4 Å². The van der Waals surface area contributed by atoms with Crippen molar-refractivity contribution in [1.29, 1.82) is 0 Å². The fraction of sp³-hybridized carbons (Fsp3) is 0.263. The molecule has 142 valence electrons. The molecular formula is C19H16BrN5OS2. The maximum Gasteiger partial charge on any atom is 0.247 e. The third-order valence-electron chi connectivity index (χ3n) is 4.44. The summed E-state index contributed by atoms with van der Waals surface area (Å²) in [6.45, 7) is 0. The van der Waals surface area contributed by atoms with Gasteiger partial charge in [0, 0.05) is 27.4 Å². The van der Waals surface area contributed by atoms with E-state index >= 15 is 0 Å². The highest BCUT2D eigenvalue weighted by Gasteiger charge is 2.30. The lowest BCUT2D eigenvalue weighted by Gasteiger charge is -2.07. The molecule has 1 aliphatic rings. The van der Waals surface area contributed by atoms with Crippen LogP contribution in [0, 0.1) is 0 Å². The molecule has 3 heterocycles. The molecule has 28 heavy (non-hydrogen) atoms. The molecule has 3 aromatic heterocycles. The van der Waals surface area contributed by atoms with Gasteiger partial charge in [-0.25, -0.2) is 0 Å². The molecule has 0 radical (unpaired) electrons. The van der Waals surface area contributed by atoms with Crippen molar-refractivity contribution < 1.29 is 4.42 Å². The number of hydrogen-bond acceptors (Lipinski definition) is 7. The highest BCUT2D eigenvalue weighted by molar-refractivity contribution is 9.10. The van der Waals surface area contributed by atoms with Crippen LogP contribution in [-0.4, -0.2) is 25.0 Å². The molecule has 0 atom stereocenters. The second-order valence-corrected chi connectivity index (χ2v) is 9.44. The molecule has 4 aromatic rings. The number of halogens is 1. The minimum atomic E-state index is 0.522. The third-order valence-corrected chi connectivity index (χ3v) is 6.78. The average molecular weight is 474 g/mol. The second kappa shape index (κ2) is 7.81. The number of benzene rings is 1. The average Bonchev–Trinajstić information content (AvgIpc) is 3.11. The molecule has 0 saturated heterocycles. The van der Waals surface area contributed by atoms with Gasteiger partial charge in [-0.2, -0.15) is 0 Å². The molecule has 6 nitrogen and oxygen atoms in total. The summed E-state index contributed by atoms with van der Waals surface area (Å²) in [6, 6.07) is 12.6. The maximum atomic E-state index is 5.83. The predicted molar refractivity (Wildman–Crippen MR) is 112 cm³/mol. The van der Waals surface area contributed by atoms with E-state index in [1.54, 1.807) is 23.1 Å². The van der Waals surface area contributed by atoms with Crippen molar-refractivity contribution in [3.8, 4) is 11.5 Å². The smallest absolute Gasteiger partial charge is 0.247 e. The summed E-state index contributed by atoms with van der Waals surface area (Å²) in [6.07, 6.45) is 3.21. The van der Waals surface area contributed by atoms with Gasteiger partial charge in [-0.3, -0.25) is 0 Å². The topological polar surface area (TPSA) is 69.6 Å². The monoisotopic (exact) mass is 473 g/mol. The molecule has 1 aromatic carbocycles. The Hall–Kier alpha value is -1.97. The largest absolute Gasteiger partial charge is 0.420 e. The fourth-order valence-electron chi connectivity index (χ4n) is 2.94. The zero-order valence-electron chi connectivity index (χ0n) is 14.8. The Kier molecular flexibility index (Phi) is 5.04. The molecule has 0 spiro atoms. The second-order valence-electron chi connectivity index (χ2n) is 6.55. The summed E-state index contributed by atoms with van der Waals surface area (Å²) in [5.74, 6) is 2.74. The molecule has 1 fully saturated rings. The lowest BCUT2D eigenvalue weighted by Crippen LogP contribution is -2.03. The van der Waals surface area contributed by atoms with E-state index in [-0.39, 0.29) is 0 Å². The van der Waals surface area contributed by atoms with Gasteiger partial charge in [-0.1, -0.05) is 33.8 Å². The van der Waals surface area contributed by atoms with Gasteiger partial charge in [-0.05, 0) is 48.6 Å². The first kappa shape index (κ1) is 18.1. The SMILES string of the molecule is Brc1ccc(-c2nnc(CSc3nnc(Cc4cccs4)n3C3CC3)o2)cc1. The highest BCUT2D eigenvalue weighted by Crippen LogP contribution is 2.39. The predicted octanol–water partition coefficient (Wildman–Crippen LogP) is 5.37. The van der Waals surface area contributed by atoms with Gasteiger partial charge < -0.3 is 8.98 Å². The Morgan fingerprint density at radius 3 is 2.71 bits per heavy atom. The summed E-state index contributed by atoms with van der Waals surface area (Å²) in [5.41, 5.74) is 0.909. The number of nitrogens with zero attached hydrogens (tertiary/aromatic N) is 5. The lowest BCUT2D eigenvalue weighted by atomic mass is 10.2. The van der Waals surface area contributed by atoms with Crippen molar-refractivity contribution in [2.45, 2.75) is 36.2 Å². The minimum absolute atomic E-state index is 0.522. The van der Waals surface area contributed by atoms with Gasteiger partial charge in [0.15, 0.2) is 5.16 Å². The van der Waals surface area contributed by atoms with E-state index in [9.17, 15) is 0 Å². The van der Waals surface area contributed by atoms with Crippen LogP contribution >= 0.6 is 39.0 Å². The van der Waals surface area contributed by atoms with Crippen molar-refractivity contribution in [2.75, 3.05) is 0 Å². The lowest BCUT2D eigenvalue weighted by molar-refractivity contribution is 0.528. The first-order chi connectivity index (χ1) is 13.8. The van der Waals surface area contributed by atoms with Crippen LogP contribution in [0.5, 0.6) is 0 Å². The highest BCUT2D eigenvalue weighted by atomic mass is 79.9. The van der Waals surface area contributed by atoms with Crippen LogP contribution in [-0.2, 0) is 12.2 Å². The summed E-state index contributed by atoms with van der Waals surface area (Å²) in [4.78, 5) is 1.31. The Labute approximate surface area is 178 Å². The van der Waals surface area contributed by atoms with Crippen molar-refractivity contribution in [1.82, 2.24) is 25.0 Å². The Bertz CT molecular complexity index is 1070. The molecule has 0 N–H and O–H groups in total. The van der Waals surface area contributed by atoms with E-state index in [0.717, 1.165) is 27.4 Å². The Morgan fingerprint density at radius 1 is 1.11 bits per heavy atom. The number of thiophene rings is 1. The standard InChI is InChI=1S/C19H16BrN5OS2/c20-13-5-3-12(4-6-13)18-23-22-17(26-18)11-28-19-24-21-16(25(19)14-7-8-14)10-15-2-1-9-27-15/h1-6,9,14H,7-8,10-11H2. The molecule has 0 bridgehead atoms. The van der Waals surface area contributed by atoms with Gasteiger partial charge in [-0.15, -0.1) is 31.7 Å². The molecule has 5 rings (SSSR count). The van der Waals surface area contributed by atoms with Crippen molar-refractivity contribution in [3.63, 3.8) is 0 Å². The van der Waals surface area contributed by atoms with E-state index in [1.807, 2.05) is 24.3 Å². The van der Waals surface area contributed by atoms with Gasteiger partial charge >= 0.3 is 0 Å². The molecular weight excluding hydrogens is 458 g/mol. The van der Waals surface area contributed by atoms with Crippen molar-refractivity contribution >= 4 is 39.0 Å². The zero-order valence-corrected chi connectivity index (χ0v) is 18.0. The van der Waals surface area contributed by atoms with Gasteiger partial charge in [0.1, 0.15) is 5.82 Å². The van der Waals surface area contributed by atoms with Crippen molar-refractivity contribution in [2.24, 2.45) is 0 Å². The van der Waals surface area contributed by atoms with Crippen LogP contribution < -0.4 is 0 Å². The molecule has 0 unspecified atom stereocenters. The summed E-state index contributed by atoms with van der Waals surface area (Å²) in [7, 11) is 0. The first-order valence-corrected chi connectivity index (χ1v) is 11.6. The van der Waals surface area contributed by atoms with Crippen molar-refractivity contribution in [3.05, 3.63) is 62.8 Å². The minimum Gasteiger partial charge on any atom is -0.420 e. The summed E-state index contributed by atoms with van der Waals surface area (Å²) >= 11 is 6.79. The van der Waals surface area contributed by atoms with Crippen LogP contribution in [0.25, 0.3) is 11.5 Å². The van der Waals surface area contributed by atoms with Crippen LogP contribution in [0.15, 0.2) is 55.8 Å². The maximum absolute atomic E-state index is 5.83. The number of thioether (sulfide) groups is 1. The Morgan fingerprint density at radius 2 is 1.96 bits per heavy atom. The van der Waals surface area contributed by atoms with Crippen LogP contribution in [0.4, 0.5) is 0 Å². The van der Waals surface area contributed by atoms with Crippen LogP contribution in [0.2, 0.25) is 0 Å². The number of rotatable bonds is 7. The molecule has 1 aliphatic carbocycles. The number of aromatic nitrogens is 5. The van der Waals surface area contributed by atoms with Gasteiger partial charge in [0.05, 0.1) is 5.75 Å². The molecule has 9 heteroatoms. The zero-order chi connectivity index (χ0) is 18.9. The van der Waals surface area contributed by atoms with E-state index < -0.39 is 0 Å². The summed E-state index contributed by atoms with van der Waals surface area (Å²) in [5, 5.41) is 20.3. The number of hydrogen-bond donors (Lipinski definition) is 0. The van der Waals surface area contributed by atoms with E-state index in [4.69, 9.17) is 4.42 Å². The van der Waals surface area contributed by atoms with Gasteiger partial charge in [0.2, 0.25) is 11.8 Å². The quantitative estimate of drug-likeness (QED) is 0.336. The van der Waals surface area contributed by atoms with Crippen LogP contribution in [0.3, 0.4) is 0 Å². The normalized spacial score (nSPS) is 13.9. The van der Waals surface area contributed by atoms with E-state index in [0.29, 0.717) is 23.6 Å². The fourth-order valence-corrected chi connectivity index (χ4v) is 4.77. The molecule has 0 amide bonds.